The third-order valence-corrected chi connectivity index (χ3v) is 7.13. The highest BCUT2D eigenvalue weighted by atomic mass is 35.5. The van der Waals surface area contributed by atoms with Crippen molar-refractivity contribution in [1.82, 2.24) is 19.4 Å². The van der Waals surface area contributed by atoms with Crippen LogP contribution in [0.3, 0.4) is 0 Å². The van der Waals surface area contributed by atoms with Gasteiger partial charge in [0.1, 0.15) is 23.5 Å². The van der Waals surface area contributed by atoms with Gasteiger partial charge in [-0.25, -0.2) is 14.4 Å². The van der Waals surface area contributed by atoms with Crippen molar-refractivity contribution < 1.29 is 22.4 Å². The van der Waals surface area contributed by atoms with E-state index < -0.39 is 17.8 Å². The second-order valence-electron chi connectivity index (χ2n) is 9.39. The summed E-state index contributed by atoms with van der Waals surface area (Å²) in [5.74, 6) is 1.14. The summed E-state index contributed by atoms with van der Waals surface area (Å²) >= 11 is 6.10. The van der Waals surface area contributed by atoms with E-state index in [9.17, 15) is 22.4 Å². The Morgan fingerprint density at radius 1 is 1.21 bits per heavy atom. The summed E-state index contributed by atoms with van der Waals surface area (Å²) in [7, 11) is 0. The number of carbonyl (C=O) groups is 1. The lowest BCUT2D eigenvalue weighted by molar-refractivity contribution is -0.137. The van der Waals surface area contributed by atoms with Crippen molar-refractivity contribution >= 4 is 35.4 Å². The maximum atomic E-state index is 13.5. The molecule has 8 nitrogen and oxygen atoms in total. The SMILES string of the molecule is CC(Nc1c(C2C=CC(F)=CC2)nc2n1CCN=C2)C(=O)N1CCN(c2ncc(C(F)(F)F)cc2Cl)CC1. The Bertz CT molecular complexity index is 1310. The lowest BCUT2D eigenvalue weighted by Gasteiger charge is -2.37. The Kier molecular flexibility index (Phi) is 7.17. The molecular formula is C25H26ClF4N7O. The lowest BCUT2D eigenvalue weighted by atomic mass is 9.96. The molecule has 0 bridgehead atoms. The van der Waals surface area contributed by atoms with E-state index >= 15 is 0 Å². The van der Waals surface area contributed by atoms with Crippen LogP contribution in [0.25, 0.3) is 0 Å². The third-order valence-electron chi connectivity index (χ3n) is 6.85. The molecule has 2 aromatic heterocycles. The average Bonchev–Trinajstić information content (AvgIpc) is 3.26. The van der Waals surface area contributed by atoms with E-state index in [1.807, 2.05) is 4.57 Å². The van der Waals surface area contributed by atoms with Crippen LogP contribution in [0.1, 0.15) is 36.3 Å². The molecular weight excluding hydrogens is 526 g/mol. The number of allylic oxidation sites excluding steroid dienone is 4. The Hall–Kier alpha value is -3.41. The van der Waals surface area contributed by atoms with Crippen LogP contribution < -0.4 is 10.2 Å². The van der Waals surface area contributed by atoms with Crippen molar-refractivity contribution in [2.75, 3.05) is 42.9 Å². The number of pyridine rings is 1. The van der Waals surface area contributed by atoms with E-state index in [-0.39, 0.29) is 28.5 Å². The number of rotatable bonds is 5. The fraction of sp³-hybridized carbons (Fsp3) is 0.440. The minimum absolute atomic E-state index is 0.0808. The second-order valence-corrected chi connectivity index (χ2v) is 9.79. The molecule has 2 aromatic rings. The molecule has 1 N–H and O–H groups in total. The third kappa shape index (κ3) is 5.27. The molecule has 0 saturated carbocycles. The molecule has 202 valence electrons. The van der Waals surface area contributed by atoms with Gasteiger partial charge in [0, 0.05) is 44.8 Å². The largest absolute Gasteiger partial charge is 0.417 e. The van der Waals surface area contributed by atoms with Crippen LogP contribution in [0.4, 0.5) is 29.2 Å². The zero-order chi connectivity index (χ0) is 27.0. The molecule has 1 aliphatic carbocycles. The molecule has 0 radical (unpaired) electrons. The number of hydrogen-bond acceptors (Lipinski definition) is 6. The lowest BCUT2D eigenvalue weighted by Crippen LogP contribution is -2.52. The van der Waals surface area contributed by atoms with E-state index in [4.69, 9.17) is 16.6 Å². The Balaban J connectivity index is 1.26. The molecule has 2 atom stereocenters. The topological polar surface area (TPSA) is 78.7 Å². The number of imidazole rings is 1. The summed E-state index contributed by atoms with van der Waals surface area (Å²) in [5.41, 5.74) is -0.168. The predicted octanol–water partition coefficient (Wildman–Crippen LogP) is 4.43. The van der Waals surface area contributed by atoms with Gasteiger partial charge in [-0.1, -0.05) is 17.7 Å². The number of amides is 1. The van der Waals surface area contributed by atoms with Gasteiger partial charge in [-0.15, -0.1) is 0 Å². The molecule has 0 spiro atoms. The summed E-state index contributed by atoms with van der Waals surface area (Å²) in [6.45, 7) is 4.47. The monoisotopic (exact) mass is 551 g/mol. The van der Waals surface area contributed by atoms with Crippen molar-refractivity contribution in [3.8, 4) is 0 Å². The summed E-state index contributed by atoms with van der Waals surface area (Å²) in [6.07, 6.45) is 3.14. The van der Waals surface area contributed by atoms with E-state index in [0.29, 0.717) is 51.5 Å². The molecule has 0 aromatic carbocycles. The molecule has 2 unspecified atom stereocenters. The number of nitrogens with one attached hydrogen (secondary N) is 1. The quantitative estimate of drug-likeness (QED) is 0.556. The van der Waals surface area contributed by atoms with Gasteiger partial charge in [0.05, 0.1) is 29.0 Å². The van der Waals surface area contributed by atoms with Crippen LogP contribution in [-0.2, 0) is 17.5 Å². The zero-order valence-electron chi connectivity index (χ0n) is 20.5. The van der Waals surface area contributed by atoms with Crippen LogP contribution in [0.5, 0.6) is 0 Å². The minimum Gasteiger partial charge on any atom is -0.358 e. The van der Waals surface area contributed by atoms with Gasteiger partial charge in [0.15, 0.2) is 5.82 Å². The standard InChI is InChI=1S/C25H26ClF4N7O/c1-15(33-23-21(16-2-4-18(27)5-3-16)34-20-14-31-6-7-37(20)23)24(38)36-10-8-35(9-11-36)22-19(26)12-17(13-32-22)25(28,29)30/h2,4-5,12-16,33H,3,6-11H2,1H3. The molecule has 1 amide bonds. The highest BCUT2D eigenvalue weighted by Crippen LogP contribution is 2.35. The first-order valence-corrected chi connectivity index (χ1v) is 12.7. The molecule has 13 heteroatoms. The van der Waals surface area contributed by atoms with Gasteiger partial charge in [-0.2, -0.15) is 13.2 Å². The number of aromatic nitrogens is 3. The average molecular weight is 552 g/mol. The Morgan fingerprint density at radius 3 is 2.63 bits per heavy atom. The second kappa shape index (κ2) is 10.4. The van der Waals surface area contributed by atoms with Crippen molar-refractivity contribution in [2.45, 2.75) is 38.0 Å². The van der Waals surface area contributed by atoms with Gasteiger partial charge in [0.25, 0.3) is 0 Å². The fourth-order valence-electron chi connectivity index (χ4n) is 4.82. The van der Waals surface area contributed by atoms with Crippen molar-refractivity contribution in [3.63, 3.8) is 0 Å². The highest BCUT2D eigenvalue weighted by Gasteiger charge is 2.33. The molecule has 2 aliphatic heterocycles. The number of anilines is 2. The first kappa shape index (κ1) is 26.2. The van der Waals surface area contributed by atoms with Gasteiger partial charge >= 0.3 is 6.18 Å². The van der Waals surface area contributed by atoms with Crippen LogP contribution in [-0.4, -0.2) is 70.3 Å². The number of piperazine rings is 1. The van der Waals surface area contributed by atoms with E-state index in [1.54, 1.807) is 29.0 Å². The van der Waals surface area contributed by atoms with Crippen LogP contribution in [0.15, 0.2) is 41.3 Å². The normalized spacial score (nSPS) is 20.3. The van der Waals surface area contributed by atoms with Crippen LogP contribution >= 0.6 is 11.6 Å². The highest BCUT2D eigenvalue weighted by molar-refractivity contribution is 6.33. The number of nitrogens with zero attached hydrogens (tertiary/aromatic N) is 6. The van der Waals surface area contributed by atoms with E-state index in [0.717, 1.165) is 23.8 Å². The van der Waals surface area contributed by atoms with Gasteiger partial charge in [-0.05, 0) is 31.6 Å². The first-order chi connectivity index (χ1) is 18.1. The number of carbonyl (C=O) groups excluding carboxylic acids is 1. The number of alkyl halides is 3. The maximum absolute atomic E-state index is 13.5. The summed E-state index contributed by atoms with van der Waals surface area (Å²) < 4.78 is 54.4. The van der Waals surface area contributed by atoms with Gasteiger partial charge in [-0.3, -0.25) is 9.79 Å². The number of fused-ring (bicyclic) bond motifs is 1. The summed E-state index contributed by atoms with van der Waals surface area (Å²) in [6, 6.07) is 0.292. The number of halogens is 5. The van der Waals surface area contributed by atoms with Gasteiger partial charge < -0.3 is 19.7 Å². The van der Waals surface area contributed by atoms with Crippen molar-refractivity contribution in [1.29, 1.82) is 0 Å². The van der Waals surface area contributed by atoms with Crippen molar-refractivity contribution in [3.05, 3.63) is 58.4 Å². The van der Waals surface area contributed by atoms with E-state index in [2.05, 4.69) is 15.3 Å². The minimum atomic E-state index is -4.52. The molecule has 1 saturated heterocycles. The van der Waals surface area contributed by atoms with E-state index in [1.165, 1.54) is 12.2 Å². The predicted molar refractivity (Wildman–Crippen MR) is 137 cm³/mol. The zero-order valence-corrected chi connectivity index (χ0v) is 21.3. The number of hydrogen-bond donors (Lipinski definition) is 1. The van der Waals surface area contributed by atoms with Crippen molar-refractivity contribution in [2.24, 2.45) is 4.99 Å². The molecule has 38 heavy (non-hydrogen) atoms. The first-order valence-electron chi connectivity index (χ1n) is 12.3. The molecule has 3 aliphatic rings. The fourth-order valence-corrected chi connectivity index (χ4v) is 5.11. The molecule has 5 rings (SSSR count). The molecule has 1 fully saturated rings. The van der Waals surface area contributed by atoms with Crippen LogP contribution in [0, 0.1) is 0 Å². The van der Waals surface area contributed by atoms with Gasteiger partial charge in [0.2, 0.25) is 5.91 Å². The summed E-state index contributed by atoms with van der Waals surface area (Å²) in [4.78, 5) is 29.8. The Labute approximate surface area is 221 Å². The number of aliphatic imine (C=N–C) groups is 1. The maximum Gasteiger partial charge on any atom is 0.417 e. The van der Waals surface area contributed by atoms with Crippen LogP contribution in [0.2, 0.25) is 5.02 Å². The summed E-state index contributed by atoms with van der Waals surface area (Å²) in [5, 5.41) is 3.26. The Morgan fingerprint density at radius 2 is 1.97 bits per heavy atom. The smallest absolute Gasteiger partial charge is 0.358 e. The molecule has 4 heterocycles.